The first-order valence-corrected chi connectivity index (χ1v) is 6.10. The zero-order chi connectivity index (χ0) is 15.0. The maximum absolute atomic E-state index is 11.0. The van der Waals surface area contributed by atoms with Crippen LogP contribution in [0.15, 0.2) is 15.3 Å². The number of H-pyrrole nitrogens is 1. The molecule has 1 amide bonds. The monoisotopic (exact) mass is 312 g/mol. The number of benzene rings is 1. The molecule has 3 rings (SSSR count). The van der Waals surface area contributed by atoms with Crippen molar-refractivity contribution in [2.45, 2.75) is 0 Å². The number of aromatic amines is 1. The van der Waals surface area contributed by atoms with Crippen LogP contribution in [-0.2, 0) is 0 Å². The molecular weight excluding hydrogens is 306 g/mol. The maximum atomic E-state index is 11.0. The largest absolute Gasteiger partial charge is 0.530 e. The van der Waals surface area contributed by atoms with Gasteiger partial charge < -0.3 is 29.1 Å². The average Bonchev–Trinajstić information content (AvgIpc) is 2.88. The quantitative estimate of drug-likeness (QED) is 0.810. The van der Waals surface area contributed by atoms with Crippen molar-refractivity contribution in [1.82, 2.24) is 10.2 Å². The lowest BCUT2D eigenvalue weighted by Crippen LogP contribution is -2.29. The summed E-state index contributed by atoms with van der Waals surface area (Å²) >= 11 is 6.02. The Hall–Kier alpha value is -2.68. The molecular formula is C11H7ClN3O6-. The Morgan fingerprint density at radius 2 is 2.10 bits per heavy atom. The van der Waals surface area contributed by atoms with Gasteiger partial charge in [0.25, 0.3) is 5.89 Å². The van der Waals surface area contributed by atoms with Gasteiger partial charge in [0.2, 0.25) is 0 Å². The van der Waals surface area contributed by atoms with E-state index in [0.717, 1.165) is 0 Å². The van der Waals surface area contributed by atoms with E-state index in [0.29, 0.717) is 0 Å². The first kappa shape index (κ1) is 13.3. The molecule has 0 aliphatic carbocycles. The number of rotatable bonds is 2. The third-order valence-electron chi connectivity index (χ3n) is 2.66. The minimum Gasteiger partial charge on any atom is -0.530 e. The van der Waals surface area contributed by atoms with Gasteiger partial charge in [0.05, 0.1) is 10.6 Å². The van der Waals surface area contributed by atoms with Crippen molar-refractivity contribution in [3.63, 3.8) is 0 Å². The van der Waals surface area contributed by atoms with Gasteiger partial charge in [-0.3, -0.25) is 0 Å². The lowest BCUT2D eigenvalue weighted by Gasteiger charge is -2.24. The van der Waals surface area contributed by atoms with Crippen molar-refractivity contribution >= 4 is 23.4 Å². The molecule has 0 radical (unpaired) electrons. The predicted octanol–water partition coefficient (Wildman–Crippen LogP) is 0.210. The van der Waals surface area contributed by atoms with Crippen LogP contribution in [0.5, 0.6) is 11.5 Å². The molecule has 1 aliphatic rings. The van der Waals surface area contributed by atoms with E-state index in [-0.39, 0.29) is 46.9 Å². The third-order valence-corrected chi connectivity index (χ3v) is 2.96. The molecule has 0 spiro atoms. The van der Waals surface area contributed by atoms with Gasteiger partial charge in [-0.05, 0) is 6.07 Å². The number of hydrogen-bond acceptors (Lipinski definition) is 7. The van der Waals surface area contributed by atoms with E-state index in [4.69, 9.17) is 25.5 Å². The van der Waals surface area contributed by atoms with Crippen LogP contribution in [0.3, 0.4) is 0 Å². The Bertz CT molecular complexity index is 768. The van der Waals surface area contributed by atoms with Gasteiger partial charge in [-0.1, -0.05) is 11.6 Å². The highest BCUT2D eigenvalue weighted by Crippen LogP contribution is 2.48. The maximum Gasteiger partial charge on any atom is 0.434 e. The predicted molar refractivity (Wildman–Crippen MR) is 67.6 cm³/mol. The number of nitrogens with zero attached hydrogens (tertiary/aromatic N) is 1. The smallest absolute Gasteiger partial charge is 0.434 e. The molecule has 21 heavy (non-hydrogen) atoms. The van der Waals surface area contributed by atoms with Gasteiger partial charge in [-0.15, -0.1) is 5.10 Å². The number of amides is 1. The first-order valence-electron chi connectivity index (χ1n) is 5.72. The van der Waals surface area contributed by atoms with Crippen LogP contribution in [0.1, 0.15) is 0 Å². The molecule has 0 unspecified atom stereocenters. The fourth-order valence-corrected chi connectivity index (χ4v) is 2.14. The van der Waals surface area contributed by atoms with Gasteiger partial charge in [0, 0.05) is 0 Å². The average molecular weight is 313 g/mol. The number of halogens is 1. The number of anilines is 1. The molecule has 1 aromatic carbocycles. The van der Waals surface area contributed by atoms with Gasteiger partial charge in [-0.2, -0.15) is 0 Å². The van der Waals surface area contributed by atoms with Crippen molar-refractivity contribution in [2.24, 2.45) is 0 Å². The van der Waals surface area contributed by atoms with E-state index >= 15 is 0 Å². The second-order valence-electron chi connectivity index (χ2n) is 3.97. The van der Waals surface area contributed by atoms with Crippen molar-refractivity contribution in [3.8, 4) is 23.0 Å². The molecule has 2 N–H and O–H groups in total. The van der Waals surface area contributed by atoms with Crippen molar-refractivity contribution < 1.29 is 23.8 Å². The second kappa shape index (κ2) is 5.02. The molecule has 2 aromatic rings. The molecule has 0 atom stereocenters. The molecule has 0 bridgehead atoms. The van der Waals surface area contributed by atoms with E-state index in [1.54, 1.807) is 0 Å². The number of aromatic nitrogens is 2. The summed E-state index contributed by atoms with van der Waals surface area (Å²) in [4.78, 5) is 21.8. The number of fused-ring (bicyclic) bond motifs is 1. The van der Waals surface area contributed by atoms with E-state index in [2.05, 4.69) is 10.2 Å². The number of hydrogen-bond donors (Lipinski definition) is 2. The zero-order valence-electron chi connectivity index (χ0n) is 10.3. The molecule has 0 saturated heterocycles. The van der Waals surface area contributed by atoms with Crippen LogP contribution in [0.25, 0.3) is 11.5 Å². The normalized spacial score (nSPS) is 13.0. The van der Waals surface area contributed by atoms with Gasteiger partial charge >= 0.3 is 5.76 Å². The summed E-state index contributed by atoms with van der Waals surface area (Å²) in [6, 6.07) is 1.35. The Morgan fingerprint density at radius 3 is 2.71 bits per heavy atom. The lowest BCUT2D eigenvalue weighted by molar-refractivity contribution is -0.242. The van der Waals surface area contributed by atoms with Gasteiger partial charge in [0.1, 0.15) is 25.0 Å². The topological polar surface area (TPSA) is 130 Å². The Morgan fingerprint density at radius 1 is 1.38 bits per heavy atom. The summed E-state index contributed by atoms with van der Waals surface area (Å²) in [6.45, 7) is 0.445. The van der Waals surface area contributed by atoms with Crippen LogP contribution >= 0.6 is 11.6 Å². The van der Waals surface area contributed by atoms with Crippen molar-refractivity contribution in [1.29, 1.82) is 0 Å². The fraction of sp³-hybridized carbons (Fsp3) is 0.182. The van der Waals surface area contributed by atoms with E-state index in [1.807, 2.05) is 5.32 Å². The number of carboxylic acid groups (broad SMARTS) is 1. The van der Waals surface area contributed by atoms with Crippen LogP contribution in [0, 0.1) is 0 Å². The fourth-order valence-electron chi connectivity index (χ4n) is 1.90. The third kappa shape index (κ3) is 2.38. The highest BCUT2D eigenvalue weighted by atomic mass is 35.5. The lowest BCUT2D eigenvalue weighted by atomic mass is 10.1. The molecule has 0 fully saturated rings. The standard InChI is InChI=1S/C11H8ClN3O6/c12-5-3-4(9-14-15-11(18)21-9)7-8(20-2-1-19-7)6(5)13-10(16)17/h3,13H,1-2H2,(H,15,18)(H,16,17)/p-1. The minimum atomic E-state index is -1.55. The number of nitrogens with one attached hydrogen (secondary N) is 2. The van der Waals surface area contributed by atoms with Crippen molar-refractivity contribution in [3.05, 3.63) is 21.6 Å². The van der Waals surface area contributed by atoms with E-state index in [1.165, 1.54) is 6.07 Å². The zero-order valence-corrected chi connectivity index (χ0v) is 11.0. The second-order valence-corrected chi connectivity index (χ2v) is 4.37. The van der Waals surface area contributed by atoms with Crippen LogP contribution in [-0.4, -0.2) is 29.5 Å². The molecule has 0 saturated carbocycles. The number of ether oxygens (including phenoxy) is 2. The Balaban J connectivity index is 2.21. The summed E-state index contributed by atoms with van der Waals surface area (Å²) in [7, 11) is 0. The summed E-state index contributed by atoms with van der Waals surface area (Å²) in [6.07, 6.45) is -1.55. The van der Waals surface area contributed by atoms with Crippen LogP contribution < -0.4 is 25.7 Å². The molecule has 110 valence electrons. The summed E-state index contributed by atoms with van der Waals surface area (Å²) in [5.74, 6) is -0.546. The van der Waals surface area contributed by atoms with Crippen LogP contribution in [0.2, 0.25) is 5.02 Å². The first-order chi connectivity index (χ1) is 10.1. The molecule has 1 aromatic heterocycles. The summed E-state index contributed by atoms with van der Waals surface area (Å²) in [5.41, 5.74) is 0.255. The Kier molecular flexibility index (Phi) is 3.18. The van der Waals surface area contributed by atoms with E-state index < -0.39 is 11.8 Å². The number of carbonyl (C=O) groups excluding carboxylic acids is 1. The van der Waals surface area contributed by atoms with E-state index in [9.17, 15) is 14.7 Å². The van der Waals surface area contributed by atoms with Crippen molar-refractivity contribution in [2.75, 3.05) is 18.5 Å². The molecule has 9 nitrogen and oxygen atoms in total. The molecule has 2 heterocycles. The van der Waals surface area contributed by atoms with Gasteiger partial charge in [-0.25, -0.2) is 9.89 Å². The van der Waals surface area contributed by atoms with Crippen LogP contribution in [0.4, 0.5) is 10.5 Å². The highest BCUT2D eigenvalue weighted by molar-refractivity contribution is 6.34. The highest BCUT2D eigenvalue weighted by Gasteiger charge is 2.26. The summed E-state index contributed by atoms with van der Waals surface area (Å²) in [5, 5.41) is 18.5. The summed E-state index contributed by atoms with van der Waals surface area (Å²) < 4.78 is 15.7. The Labute approximate surface area is 121 Å². The number of carbonyl (C=O) groups is 1. The minimum absolute atomic E-state index is 0.00648. The van der Waals surface area contributed by atoms with Gasteiger partial charge in [0.15, 0.2) is 11.5 Å². The SMILES string of the molecule is O=C([O-])Nc1c(Cl)cc(-c2n[nH]c(=O)o2)c2c1OCCO2. The molecule has 1 aliphatic heterocycles. The molecule has 10 heteroatoms.